The summed E-state index contributed by atoms with van der Waals surface area (Å²) in [4.78, 5) is 24.5. The molecular weight excluding hydrogens is 252 g/mol. The molecule has 1 aromatic rings. The van der Waals surface area contributed by atoms with Gasteiger partial charge in [-0.25, -0.2) is 4.98 Å². The van der Waals surface area contributed by atoms with Gasteiger partial charge in [0.25, 0.3) is 0 Å². The van der Waals surface area contributed by atoms with E-state index in [4.69, 9.17) is 0 Å². The fourth-order valence-corrected chi connectivity index (χ4v) is 3.62. The van der Waals surface area contributed by atoms with Gasteiger partial charge >= 0.3 is 0 Å². The van der Waals surface area contributed by atoms with E-state index in [0.717, 1.165) is 25.2 Å². The maximum Gasteiger partial charge on any atom is 0.237 e. The zero-order valence-electron chi connectivity index (χ0n) is 12.4. The average Bonchev–Trinajstić information content (AvgIpc) is 3.13. The van der Waals surface area contributed by atoms with Crippen molar-refractivity contribution in [1.29, 1.82) is 0 Å². The third-order valence-electron chi connectivity index (χ3n) is 4.86. The fraction of sp³-hybridized carbons (Fsp3) is 0.733. The molecule has 0 saturated carbocycles. The molecule has 20 heavy (non-hydrogen) atoms. The van der Waals surface area contributed by atoms with Crippen molar-refractivity contribution >= 4 is 5.91 Å². The topological polar surface area (TPSA) is 52.2 Å². The van der Waals surface area contributed by atoms with Crippen molar-refractivity contribution in [3.05, 3.63) is 18.2 Å². The number of amides is 1. The van der Waals surface area contributed by atoms with Gasteiger partial charge in [-0.2, -0.15) is 0 Å². The Morgan fingerprint density at radius 2 is 2.10 bits per heavy atom. The van der Waals surface area contributed by atoms with E-state index in [1.54, 1.807) is 6.20 Å². The zero-order chi connectivity index (χ0) is 14.1. The van der Waals surface area contributed by atoms with Crippen molar-refractivity contribution in [1.82, 2.24) is 19.8 Å². The van der Waals surface area contributed by atoms with Gasteiger partial charge in [0.15, 0.2) is 0 Å². The van der Waals surface area contributed by atoms with Gasteiger partial charge in [0, 0.05) is 31.0 Å². The summed E-state index contributed by atoms with van der Waals surface area (Å²) >= 11 is 0. The van der Waals surface area contributed by atoms with Crippen LogP contribution in [0.5, 0.6) is 0 Å². The summed E-state index contributed by atoms with van der Waals surface area (Å²) in [6.07, 6.45) is 8.10. The van der Waals surface area contributed by atoms with Crippen LogP contribution in [0.4, 0.5) is 0 Å². The summed E-state index contributed by atoms with van der Waals surface area (Å²) in [5.74, 6) is 1.18. The highest BCUT2D eigenvalue weighted by molar-refractivity contribution is 5.79. The molecule has 0 spiro atoms. The summed E-state index contributed by atoms with van der Waals surface area (Å²) in [6.45, 7) is 5.87. The third kappa shape index (κ3) is 2.46. The normalized spacial score (nSPS) is 31.1. The number of imidazole rings is 1. The van der Waals surface area contributed by atoms with E-state index in [1.165, 1.54) is 12.8 Å². The summed E-state index contributed by atoms with van der Waals surface area (Å²) in [5.41, 5.74) is 0. The molecule has 0 bridgehead atoms. The lowest BCUT2D eigenvalue weighted by Gasteiger charge is -2.30. The molecule has 3 atom stereocenters. The summed E-state index contributed by atoms with van der Waals surface area (Å²) in [6, 6.07) is 1.20. The first-order valence-corrected chi connectivity index (χ1v) is 7.71. The fourth-order valence-electron chi connectivity index (χ4n) is 3.62. The first kappa shape index (κ1) is 13.6. The van der Waals surface area contributed by atoms with Crippen LogP contribution in [0.15, 0.2) is 12.4 Å². The van der Waals surface area contributed by atoms with Crippen LogP contribution in [0, 0.1) is 0 Å². The van der Waals surface area contributed by atoms with Crippen LogP contribution in [-0.4, -0.2) is 50.8 Å². The van der Waals surface area contributed by atoms with Gasteiger partial charge in [-0.15, -0.1) is 0 Å². The second kappa shape index (κ2) is 5.56. The number of H-pyrrole nitrogens is 1. The molecule has 0 aromatic carbocycles. The SMILES string of the molecule is CC1CCC(C)N1CC(=O)N1CCCC1c1ncc[nH]1. The molecule has 3 unspecified atom stereocenters. The molecule has 2 saturated heterocycles. The third-order valence-corrected chi connectivity index (χ3v) is 4.86. The molecule has 5 heteroatoms. The minimum atomic E-state index is 0.144. The maximum absolute atomic E-state index is 12.6. The minimum absolute atomic E-state index is 0.144. The predicted octanol–water partition coefficient (Wildman–Crippen LogP) is 1.95. The highest BCUT2D eigenvalue weighted by Crippen LogP contribution is 2.31. The van der Waals surface area contributed by atoms with Crippen molar-refractivity contribution in [3.8, 4) is 0 Å². The van der Waals surface area contributed by atoms with E-state index in [2.05, 4.69) is 28.7 Å². The Balaban J connectivity index is 1.67. The molecule has 1 amide bonds. The molecule has 1 aromatic heterocycles. The van der Waals surface area contributed by atoms with Crippen LogP contribution in [0.25, 0.3) is 0 Å². The number of aromatic amines is 1. The molecule has 1 N–H and O–H groups in total. The maximum atomic E-state index is 12.6. The van der Waals surface area contributed by atoms with E-state index in [9.17, 15) is 4.79 Å². The van der Waals surface area contributed by atoms with Crippen molar-refractivity contribution in [2.45, 2.75) is 57.7 Å². The largest absolute Gasteiger partial charge is 0.347 e. The first-order chi connectivity index (χ1) is 9.66. The quantitative estimate of drug-likeness (QED) is 0.918. The van der Waals surface area contributed by atoms with Crippen LogP contribution in [0.3, 0.4) is 0 Å². The van der Waals surface area contributed by atoms with Gasteiger partial charge in [-0.3, -0.25) is 9.69 Å². The van der Waals surface area contributed by atoms with Gasteiger partial charge in [0.2, 0.25) is 5.91 Å². The van der Waals surface area contributed by atoms with Crippen LogP contribution < -0.4 is 0 Å². The number of nitrogens with one attached hydrogen (secondary N) is 1. The Hall–Kier alpha value is -1.36. The highest BCUT2D eigenvalue weighted by Gasteiger charge is 2.35. The van der Waals surface area contributed by atoms with Gasteiger partial charge in [0.05, 0.1) is 12.6 Å². The second-order valence-corrected chi connectivity index (χ2v) is 6.17. The van der Waals surface area contributed by atoms with Gasteiger partial charge in [-0.05, 0) is 39.5 Å². The Labute approximate surface area is 120 Å². The summed E-state index contributed by atoms with van der Waals surface area (Å²) in [7, 11) is 0. The van der Waals surface area contributed by atoms with E-state index >= 15 is 0 Å². The Morgan fingerprint density at radius 1 is 1.35 bits per heavy atom. The number of nitrogens with zero attached hydrogens (tertiary/aromatic N) is 3. The van der Waals surface area contributed by atoms with Crippen LogP contribution in [0.2, 0.25) is 0 Å². The highest BCUT2D eigenvalue weighted by atomic mass is 16.2. The van der Waals surface area contributed by atoms with Crippen molar-refractivity contribution in [2.75, 3.05) is 13.1 Å². The number of hydrogen-bond donors (Lipinski definition) is 1. The standard InChI is InChI=1S/C15H24N4O/c1-11-5-6-12(2)19(11)10-14(20)18-9-3-4-13(18)15-16-7-8-17-15/h7-8,11-13H,3-6,9-10H2,1-2H3,(H,16,17). The minimum Gasteiger partial charge on any atom is -0.347 e. The Kier molecular flexibility index (Phi) is 3.78. The molecule has 2 fully saturated rings. The lowest BCUT2D eigenvalue weighted by atomic mass is 10.2. The summed E-state index contributed by atoms with van der Waals surface area (Å²) < 4.78 is 0. The number of carbonyl (C=O) groups excluding carboxylic acids is 1. The van der Waals surface area contributed by atoms with Crippen molar-refractivity contribution in [3.63, 3.8) is 0 Å². The predicted molar refractivity (Wildman–Crippen MR) is 77.1 cm³/mol. The van der Waals surface area contributed by atoms with E-state index < -0.39 is 0 Å². The number of rotatable bonds is 3. The second-order valence-electron chi connectivity index (χ2n) is 6.17. The average molecular weight is 276 g/mol. The van der Waals surface area contributed by atoms with Crippen LogP contribution >= 0.6 is 0 Å². The number of carbonyl (C=O) groups is 1. The molecule has 110 valence electrons. The molecule has 3 heterocycles. The first-order valence-electron chi connectivity index (χ1n) is 7.71. The van der Waals surface area contributed by atoms with Crippen LogP contribution in [0.1, 0.15) is 51.4 Å². The number of aromatic nitrogens is 2. The van der Waals surface area contributed by atoms with E-state index in [1.807, 2.05) is 11.1 Å². The molecule has 5 nitrogen and oxygen atoms in total. The summed E-state index contributed by atoms with van der Waals surface area (Å²) in [5, 5.41) is 0. The Morgan fingerprint density at radius 3 is 2.75 bits per heavy atom. The molecule has 3 rings (SSSR count). The molecule has 2 aliphatic rings. The Bertz CT molecular complexity index is 448. The number of likely N-dealkylation sites (tertiary alicyclic amines) is 2. The van der Waals surface area contributed by atoms with Crippen LogP contribution in [-0.2, 0) is 4.79 Å². The lowest BCUT2D eigenvalue weighted by molar-refractivity contribution is -0.134. The van der Waals surface area contributed by atoms with Gasteiger partial charge < -0.3 is 9.88 Å². The van der Waals surface area contributed by atoms with Gasteiger partial charge in [0.1, 0.15) is 5.82 Å². The van der Waals surface area contributed by atoms with Crippen molar-refractivity contribution in [2.24, 2.45) is 0 Å². The smallest absolute Gasteiger partial charge is 0.237 e. The van der Waals surface area contributed by atoms with Gasteiger partial charge in [-0.1, -0.05) is 0 Å². The number of hydrogen-bond acceptors (Lipinski definition) is 3. The zero-order valence-corrected chi connectivity index (χ0v) is 12.4. The van der Waals surface area contributed by atoms with E-state index in [0.29, 0.717) is 18.6 Å². The molecule has 0 aliphatic carbocycles. The molecule has 0 radical (unpaired) electrons. The monoisotopic (exact) mass is 276 g/mol. The molecule has 2 aliphatic heterocycles. The van der Waals surface area contributed by atoms with Crippen molar-refractivity contribution < 1.29 is 4.79 Å². The molecular formula is C15H24N4O. The van der Waals surface area contributed by atoms with E-state index in [-0.39, 0.29) is 11.9 Å². The lowest BCUT2D eigenvalue weighted by Crippen LogP contribution is -2.43.